The maximum Gasteiger partial charge on any atom is 0.418 e. The molecule has 0 bridgehead atoms. The van der Waals surface area contributed by atoms with E-state index in [9.17, 15) is 13.2 Å². The maximum atomic E-state index is 13.1. The number of benzene rings is 1. The van der Waals surface area contributed by atoms with Gasteiger partial charge in [-0.2, -0.15) is 13.2 Å². The number of halogens is 3. The lowest BCUT2D eigenvalue weighted by molar-refractivity contribution is -0.137. The summed E-state index contributed by atoms with van der Waals surface area (Å²) >= 11 is 0. The summed E-state index contributed by atoms with van der Waals surface area (Å²) in [5.41, 5.74) is -0.261. The molecule has 0 amide bonds. The number of hydrogen-bond acceptors (Lipinski definition) is 2. The molecule has 108 valence electrons. The van der Waals surface area contributed by atoms with E-state index < -0.39 is 18.3 Å². The van der Waals surface area contributed by atoms with E-state index in [2.05, 4.69) is 0 Å². The van der Waals surface area contributed by atoms with Crippen molar-refractivity contribution < 1.29 is 18.3 Å². The Morgan fingerprint density at radius 1 is 1.32 bits per heavy atom. The standard InChI is InChI=1S/C14H20F3NO/c1-4-5-10(2)18(3)13-7-6-11(9-19)8-12(13)14(15,16)17/h6-8,10,19H,4-5,9H2,1-3H3. The van der Waals surface area contributed by atoms with Crippen molar-refractivity contribution in [2.24, 2.45) is 0 Å². The molecule has 0 saturated heterocycles. The van der Waals surface area contributed by atoms with Crippen molar-refractivity contribution in [3.05, 3.63) is 29.3 Å². The number of aliphatic hydroxyl groups excluding tert-OH is 1. The zero-order chi connectivity index (χ0) is 14.6. The van der Waals surface area contributed by atoms with Crippen LogP contribution in [0.15, 0.2) is 18.2 Å². The van der Waals surface area contributed by atoms with E-state index in [1.165, 1.54) is 12.1 Å². The molecule has 0 spiro atoms. The van der Waals surface area contributed by atoms with E-state index in [0.717, 1.165) is 18.9 Å². The molecule has 0 aromatic heterocycles. The van der Waals surface area contributed by atoms with Crippen molar-refractivity contribution >= 4 is 5.69 Å². The van der Waals surface area contributed by atoms with Crippen molar-refractivity contribution in [1.82, 2.24) is 0 Å². The lowest BCUT2D eigenvalue weighted by atomic mass is 10.1. The predicted octanol–water partition coefficient (Wildman–Crippen LogP) is 3.82. The summed E-state index contributed by atoms with van der Waals surface area (Å²) in [7, 11) is 1.67. The molecule has 5 heteroatoms. The van der Waals surface area contributed by atoms with E-state index >= 15 is 0 Å². The first-order valence-electron chi connectivity index (χ1n) is 6.35. The van der Waals surface area contributed by atoms with Gasteiger partial charge >= 0.3 is 6.18 Å². The fraction of sp³-hybridized carbons (Fsp3) is 0.571. The summed E-state index contributed by atoms with van der Waals surface area (Å²) in [5, 5.41) is 8.97. The highest BCUT2D eigenvalue weighted by atomic mass is 19.4. The van der Waals surface area contributed by atoms with Crippen molar-refractivity contribution in [2.75, 3.05) is 11.9 Å². The molecular formula is C14H20F3NO. The zero-order valence-electron chi connectivity index (χ0n) is 11.5. The first-order chi connectivity index (χ1) is 8.81. The molecule has 1 aromatic carbocycles. The largest absolute Gasteiger partial charge is 0.418 e. The Bertz CT molecular complexity index is 418. The summed E-state index contributed by atoms with van der Waals surface area (Å²) < 4.78 is 39.2. The fourth-order valence-corrected chi connectivity index (χ4v) is 2.07. The Morgan fingerprint density at radius 3 is 2.42 bits per heavy atom. The second-order valence-electron chi connectivity index (χ2n) is 4.76. The molecule has 19 heavy (non-hydrogen) atoms. The quantitative estimate of drug-likeness (QED) is 0.883. The van der Waals surface area contributed by atoms with Gasteiger partial charge in [0.15, 0.2) is 0 Å². The van der Waals surface area contributed by atoms with E-state index in [1.807, 2.05) is 13.8 Å². The van der Waals surface area contributed by atoms with E-state index in [4.69, 9.17) is 5.11 Å². The van der Waals surface area contributed by atoms with Crippen LogP contribution in [-0.4, -0.2) is 18.2 Å². The summed E-state index contributed by atoms with van der Waals surface area (Å²) in [6.45, 7) is 3.52. The molecule has 0 aliphatic carbocycles. The molecule has 1 rings (SSSR count). The topological polar surface area (TPSA) is 23.5 Å². The molecule has 1 unspecified atom stereocenters. The van der Waals surface area contributed by atoms with Crippen LogP contribution in [0.25, 0.3) is 0 Å². The SMILES string of the molecule is CCCC(C)N(C)c1ccc(CO)cc1C(F)(F)F. The van der Waals surface area contributed by atoms with Crippen LogP contribution in [0.2, 0.25) is 0 Å². The zero-order valence-corrected chi connectivity index (χ0v) is 11.5. The summed E-state index contributed by atoms with van der Waals surface area (Å²) in [6, 6.07) is 4.01. The monoisotopic (exact) mass is 275 g/mol. The molecule has 2 nitrogen and oxygen atoms in total. The van der Waals surface area contributed by atoms with Gasteiger partial charge in [-0.05, 0) is 31.0 Å². The minimum Gasteiger partial charge on any atom is -0.392 e. The number of anilines is 1. The van der Waals surface area contributed by atoms with Gasteiger partial charge < -0.3 is 10.0 Å². The molecule has 0 heterocycles. The van der Waals surface area contributed by atoms with Crippen LogP contribution >= 0.6 is 0 Å². The van der Waals surface area contributed by atoms with Crippen molar-refractivity contribution in [2.45, 2.75) is 45.5 Å². The molecule has 1 N–H and O–H groups in total. The molecule has 0 aliphatic heterocycles. The average molecular weight is 275 g/mol. The van der Waals surface area contributed by atoms with Crippen LogP contribution in [0.1, 0.15) is 37.8 Å². The van der Waals surface area contributed by atoms with E-state index in [1.54, 1.807) is 11.9 Å². The smallest absolute Gasteiger partial charge is 0.392 e. The predicted molar refractivity (Wildman–Crippen MR) is 70.1 cm³/mol. The molecule has 0 saturated carbocycles. The lowest BCUT2D eigenvalue weighted by Crippen LogP contribution is -2.30. The number of rotatable bonds is 5. The minimum atomic E-state index is -4.42. The van der Waals surface area contributed by atoms with Gasteiger partial charge in [-0.15, -0.1) is 0 Å². The van der Waals surface area contributed by atoms with Gasteiger partial charge in [-0.1, -0.05) is 19.4 Å². The number of hydrogen-bond donors (Lipinski definition) is 1. The third-order valence-corrected chi connectivity index (χ3v) is 3.30. The summed E-state index contributed by atoms with van der Waals surface area (Å²) in [5.74, 6) is 0. The normalized spacial score (nSPS) is 13.4. The number of nitrogens with zero attached hydrogens (tertiary/aromatic N) is 1. The fourth-order valence-electron chi connectivity index (χ4n) is 2.07. The molecule has 1 aromatic rings. The Balaban J connectivity index is 3.19. The molecule has 0 radical (unpaired) electrons. The first kappa shape index (κ1) is 15.8. The number of alkyl halides is 3. The van der Waals surface area contributed by atoms with Gasteiger partial charge in [0.2, 0.25) is 0 Å². The second-order valence-corrected chi connectivity index (χ2v) is 4.76. The molecule has 0 fully saturated rings. The van der Waals surface area contributed by atoms with Crippen LogP contribution in [0.5, 0.6) is 0 Å². The average Bonchev–Trinajstić information content (AvgIpc) is 2.36. The van der Waals surface area contributed by atoms with Gasteiger partial charge in [0.1, 0.15) is 0 Å². The third-order valence-electron chi connectivity index (χ3n) is 3.30. The van der Waals surface area contributed by atoms with Crippen molar-refractivity contribution in [3.63, 3.8) is 0 Å². The van der Waals surface area contributed by atoms with E-state index in [-0.39, 0.29) is 17.3 Å². The first-order valence-corrected chi connectivity index (χ1v) is 6.35. The van der Waals surface area contributed by atoms with Crippen molar-refractivity contribution in [3.8, 4) is 0 Å². The van der Waals surface area contributed by atoms with Crippen LogP contribution in [0.3, 0.4) is 0 Å². The summed E-state index contributed by atoms with van der Waals surface area (Å²) in [4.78, 5) is 1.65. The van der Waals surface area contributed by atoms with Gasteiger partial charge in [-0.3, -0.25) is 0 Å². The molecule has 1 atom stereocenters. The third kappa shape index (κ3) is 3.86. The molecular weight excluding hydrogens is 255 g/mol. The number of aliphatic hydroxyl groups is 1. The van der Waals surface area contributed by atoms with Gasteiger partial charge in [0.25, 0.3) is 0 Å². The van der Waals surface area contributed by atoms with Crippen molar-refractivity contribution in [1.29, 1.82) is 0 Å². The van der Waals surface area contributed by atoms with E-state index in [0.29, 0.717) is 0 Å². The Morgan fingerprint density at radius 2 is 1.95 bits per heavy atom. The summed E-state index contributed by atoms with van der Waals surface area (Å²) in [6.07, 6.45) is -2.67. The van der Waals surface area contributed by atoms with Crippen LogP contribution in [0.4, 0.5) is 18.9 Å². The van der Waals surface area contributed by atoms with Gasteiger partial charge in [0, 0.05) is 18.8 Å². The van der Waals surface area contributed by atoms with Crippen LogP contribution in [-0.2, 0) is 12.8 Å². The maximum absolute atomic E-state index is 13.1. The molecule has 0 aliphatic rings. The van der Waals surface area contributed by atoms with Gasteiger partial charge in [0.05, 0.1) is 12.2 Å². The highest BCUT2D eigenvalue weighted by Gasteiger charge is 2.35. The second kappa shape index (κ2) is 6.28. The van der Waals surface area contributed by atoms with Crippen LogP contribution in [0, 0.1) is 0 Å². The lowest BCUT2D eigenvalue weighted by Gasteiger charge is -2.29. The Hall–Kier alpha value is -1.23. The van der Waals surface area contributed by atoms with Gasteiger partial charge in [-0.25, -0.2) is 0 Å². The Labute approximate surface area is 111 Å². The minimum absolute atomic E-state index is 0.0334. The highest BCUT2D eigenvalue weighted by molar-refractivity contribution is 5.56. The highest BCUT2D eigenvalue weighted by Crippen LogP contribution is 2.37. The van der Waals surface area contributed by atoms with Crippen LogP contribution < -0.4 is 4.90 Å². The Kier molecular flexibility index (Phi) is 5.23.